The van der Waals surface area contributed by atoms with Crippen LogP contribution in [0.15, 0.2) is 42.6 Å². The number of aromatic nitrogens is 2. The highest BCUT2D eigenvalue weighted by Gasteiger charge is 2.18. The number of aryl methyl sites for hydroxylation is 1. The quantitative estimate of drug-likeness (QED) is 0.647. The van der Waals surface area contributed by atoms with Gasteiger partial charge in [-0.1, -0.05) is 23.2 Å². The molecular weight excluding hydrogens is 331 g/mol. The molecule has 0 radical (unpaired) electrons. The largest absolute Gasteiger partial charge is 0.493 e. The molecule has 4 rings (SSSR count). The SMILES string of the molecule is Cc1cnn(-c2ccc(Cl)cc2Cl)c1-c1ccc2c(c1)CCO2. The molecule has 1 aliphatic heterocycles. The normalized spacial score (nSPS) is 13.0. The number of ether oxygens (including phenoxy) is 1. The lowest BCUT2D eigenvalue weighted by Gasteiger charge is -2.12. The van der Waals surface area contributed by atoms with Crippen molar-refractivity contribution in [3.8, 4) is 22.7 Å². The van der Waals surface area contributed by atoms with Gasteiger partial charge in [-0.25, -0.2) is 4.68 Å². The van der Waals surface area contributed by atoms with E-state index in [1.807, 2.05) is 36.0 Å². The molecule has 116 valence electrons. The van der Waals surface area contributed by atoms with E-state index in [1.54, 1.807) is 6.07 Å². The van der Waals surface area contributed by atoms with Gasteiger partial charge in [-0.2, -0.15) is 5.10 Å². The second kappa shape index (κ2) is 5.59. The second-order valence-electron chi connectivity index (χ2n) is 5.60. The Morgan fingerprint density at radius 2 is 2.00 bits per heavy atom. The summed E-state index contributed by atoms with van der Waals surface area (Å²) in [5.74, 6) is 0.974. The molecular formula is C18H14Cl2N2O. The molecule has 1 aromatic heterocycles. The monoisotopic (exact) mass is 344 g/mol. The lowest BCUT2D eigenvalue weighted by atomic mass is 10.0. The van der Waals surface area contributed by atoms with Gasteiger partial charge < -0.3 is 4.74 Å². The molecule has 0 aliphatic carbocycles. The zero-order valence-corrected chi connectivity index (χ0v) is 14.0. The number of nitrogens with zero attached hydrogens (tertiary/aromatic N) is 2. The lowest BCUT2D eigenvalue weighted by Crippen LogP contribution is -2.00. The van der Waals surface area contributed by atoms with Gasteiger partial charge in [0, 0.05) is 17.0 Å². The van der Waals surface area contributed by atoms with Gasteiger partial charge in [-0.05, 0) is 54.4 Å². The van der Waals surface area contributed by atoms with E-state index in [0.29, 0.717) is 10.0 Å². The third kappa shape index (κ3) is 2.50. The van der Waals surface area contributed by atoms with Gasteiger partial charge in [0.15, 0.2) is 0 Å². The Morgan fingerprint density at radius 3 is 2.83 bits per heavy atom. The lowest BCUT2D eigenvalue weighted by molar-refractivity contribution is 0.357. The Balaban J connectivity index is 1.88. The van der Waals surface area contributed by atoms with E-state index in [4.69, 9.17) is 27.9 Å². The maximum absolute atomic E-state index is 6.36. The number of hydrogen-bond acceptors (Lipinski definition) is 2. The predicted octanol–water partition coefficient (Wildman–Crippen LogP) is 5.09. The van der Waals surface area contributed by atoms with E-state index in [1.165, 1.54) is 5.56 Å². The van der Waals surface area contributed by atoms with Crippen molar-refractivity contribution in [2.45, 2.75) is 13.3 Å². The summed E-state index contributed by atoms with van der Waals surface area (Å²) in [7, 11) is 0. The number of halogens is 2. The Labute approximate surface area is 144 Å². The van der Waals surface area contributed by atoms with Crippen LogP contribution in [0.3, 0.4) is 0 Å². The summed E-state index contributed by atoms with van der Waals surface area (Å²) in [4.78, 5) is 0. The Kier molecular flexibility index (Phi) is 3.55. The summed E-state index contributed by atoms with van der Waals surface area (Å²) in [5.41, 5.74) is 5.28. The minimum atomic E-state index is 0.575. The highest BCUT2D eigenvalue weighted by Crippen LogP contribution is 2.34. The van der Waals surface area contributed by atoms with E-state index < -0.39 is 0 Å². The van der Waals surface area contributed by atoms with Crippen LogP contribution in [0.5, 0.6) is 5.75 Å². The van der Waals surface area contributed by atoms with Crippen molar-refractivity contribution < 1.29 is 4.74 Å². The molecule has 3 aromatic rings. The molecule has 0 spiro atoms. The maximum Gasteiger partial charge on any atom is 0.122 e. The maximum atomic E-state index is 6.36. The van der Waals surface area contributed by atoms with E-state index in [2.05, 4.69) is 17.2 Å². The van der Waals surface area contributed by atoms with Crippen LogP contribution in [0.2, 0.25) is 10.0 Å². The molecule has 0 unspecified atom stereocenters. The third-order valence-corrected chi connectivity index (χ3v) is 4.59. The summed E-state index contributed by atoms with van der Waals surface area (Å²) in [6.07, 6.45) is 2.79. The number of fused-ring (bicyclic) bond motifs is 1. The average Bonchev–Trinajstić information content (AvgIpc) is 3.13. The van der Waals surface area contributed by atoms with Gasteiger partial charge in [-0.3, -0.25) is 0 Å². The number of hydrogen-bond donors (Lipinski definition) is 0. The smallest absolute Gasteiger partial charge is 0.122 e. The highest BCUT2D eigenvalue weighted by molar-refractivity contribution is 6.35. The fourth-order valence-corrected chi connectivity index (χ4v) is 3.44. The summed E-state index contributed by atoms with van der Waals surface area (Å²) in [6.45, 7) is 2.80. The molecule has 0 fully saturated rings. The van der Waals surface area contributed by atoms with Crippen LogP contribution in [-0.2, 0) is 6.42 Å². The van der Waals surface area contributed by atoms with Crippen molar-refractivity contribution in [3.05, 3.63) is 63.8 Å². The molecule has 0 amide bonds. The van der Waals surface area contributed by atoms with Gasteiger partial charge in [0.1, 0.15) is 5.75 Å². The molecule has 2 heterocycles. The van der Waals surface area contributed by atoms with Crippen molar-refractivity contribution in [3.63, 3.8) is 0 Å². The second-order valence-corrected chi connectivity index (χ2v) is 6.45. The first kappa shape index (κ1) is 14.6. The summed E-state index contributed by atoms with van der Waals surface area (Å²) >= 11 is 12.4. The first-order valence-electron chi connectivity index (χ1n) is 7.39. The third-order valence-electron chi connectivity index (χ3n) is 4.05. The standard InChI is InChI=1S/C18H14Cl2N2O/c1-11-10-21-22(16-4-3-14(19)9-15(16)20)18(11)13-2-5-17-12(8-13)6-7-23-17/h2-5,8-10H,6-7H2,1H3. The van der Waals surface area contributed by atoms with Crippen LogP contribution in [0.25, 0.3) is 16.9 Å². The Bertz CT molecular complexity index is 902. The van der Waals surface area contributed by atoms with Crippen LogP contribution in [0.1, 0.15) is 11.1 Å². The Hall–Kier alpha value is -1.97. The topological polar surface area (TPSA) is 27.1 Å². The fraction of sp³-hybridized carbons (Fsp3) is 0.167. The van der Waals surface area contributed by atoms with Crippen molar-refractivity contribution >= 4 is 23.2 Å². The minimum Gasteiger partial charge on any atom is -0.493 e. The Morgan fingerprint density at radius 1 is 1.13 bits per heavy atom. The molecule has 2 aromatic carbocycles. The highest BCUT2D eigenvalue weighted by atomic mass is 35.5. The molecule has 5 heteroatoms. The molecule has 0 bridgehead atoms. The van der Waals surface area contributed by atoms with Gasteiger partial charge in [-0.15, -0.1) is 0 Å². The van der Waals surface area contributed by atoms with E-state index >= 15 is 0 Å². The summed E-state index contributed by atoms with van der Waals surface area (Å²) < 4.78 is 7.46. The van der Waals surface area contributed by atoms with Crippen molar-refractivity contribution in [2.24, 2.45) is 0 Å². The van der Waals surface area contributed by atoms with Crippen LogP contribution < -0.4 is 4.74 Å². The minimum absolute atomic E-state index is 0.575. The van der Waals surface area contributed by atoms with Gasteiger partial charge >= 0.3 is 0 Å². The molecule has 0 saturated heterocycles. The fourth-order valence-electron chi connectivity index (χ4n) is 2.95. The van der Waals surface area contributed by atoms with Gasteiger partial charge in [0.05, 0.1) is 29.2 Å². The van der Waals surface area contributed by atoms with E-state index in [0.717, 1.165) is 41.3 Å². The molecule has 0 N–H and O–H groups in total. The molecule has 0 saturated carbocycles. The van der Waals surface area contributed by atoms with E-state index in [9.17, 15) is 0 Å². The predicted molar refractivity (Wildman–Crippen MR) is 93.0 cm³/mol. The average molecular weight is 345 g/mol. The van der Waals surface area contributed by atoms with Crippen LogP contribution >= 0.6 is 23.2 Å². The first-order chi connectivity index (χ1) is 11.1. The number of rotatable bonds is 2. The molecule has 3 nitrogen and oxygen atoms in total. The van der Waals surface area contributed by atoms with Crippen LogP contribution in [-0.4, -0.2) is 16.4 Å². The van der Waals surface area contributed by atoms with Crippen LogP contribution in [0, 0.1) is 6.92 Å². The van der Waals surface area contributed by atoms with Crippen molar-refractivity contribution in [1.29, 1.82) is 0 Å². The molecule has 23 heavy (non-hydrogen) atoms. The van der Waals surface area contributed by atoms with Crippen LogP contribution in [0.4, 0.5) is 0 Å². The van der Waals surface area contributed by atoms with Gasteiger partial charge in [0.2, 0.25) is 0 Å². The zero-order chi connectivity index (χ0) is 16.0. The summed E-state index contributed by atoms with van der Waals surface area (Å²) in [5, 5.41) is 5.69. The number of benzene rings is 2. The molecule has 0 atom stereocenters. The molecule has 1 aliphatic rings. The summed E-state index contributed by atoms with van der Waals surface area (Å²) in [6, 6.07) is 11.7. The van der Waals surface area contributed by atoms with Crippen molar-refractivity contribution in [1.82, 2.24) is 9.78 Å². The first-order valence-corrected chi connectivity index (χ1v) is 8.15. The zero-order valence-electron chi connectivity index (χ0n) is 12.5. The van der Waals surface area contributed by atoms with Crippen molar-refractivity contribution in [2.75, 3.05) is 6.61 Å². The van der Waals surface area contributed by atoms with E-state index in [-0.39, 0.29) is 0 Å². The van der Waals surface area contributed by atoms with Gasteiger partial charge in [0.25, 0.3) is 0 Å².